The number of hydrogen-bond acceptors (Lipinski definition) is 3. The fraction of sp³-hybridized carbons (Fsp3) is 0.500. The first-order chi connectivity index (χ1) is 10.3. The van der Waals surface area contributed by atoms with Gasteiger partial charge in [0.05, 0.1) is 17.3 Å². The number of fused-ring (bicyclic) bond motifs is 3. The summed E-state index contributed by atoms with van der Waals surface area (Å²) in [6.07, 6.45) is 6.86. The van der Waals surface area contributed by atoms with Crippen LogP contribution in [0.25, 0.3) is 10.9 Å². The third-order valence-corrected chi connectivity index (χ3v) is 5.60. The molecule has 0 radical (unpaired) electrons. The lowest BCUT2D eigenvalue weighted by molar-refractivity contribution is 0.278. The summed E-state index contributed by atoms with van der Waals surface area (Å²) >= 11 is 0. The number of aromatic nitrogens is 1. The quantitative estimate of drug-likeness (QED) is 0.665. The predicted molar refractivity (Wildman–Crippen MR) is 85.4 cm³/mol. The molecule has 2 aromatic rings. The van der Waals surface area contributed by atoms with Gasteiger partial charge in [0.15, 0.2) is 0 Å². The first kappa shape index (κ1) is 13.2. The molecule has 2 aliphatic rings. The van der Waals surface area contributed by atoms with Crippen molar-refractivity contribution in [2.24, 2.45) is 23.6 Å². The van der Waals surface area contributed by atoms with E-state index in [1.54, 1.807) is 0 Å². The standard InChI is InChI=1S/C18H23N3/c19-21-18(11-15-10-12-5-6-14(15)9-12)17-8-7-13-3-1-2-4-16(13)20-17/h1-4,7-8,12,14-15,18,21H,5-6,9-11,19H2. The number of benzene rings is 1. The molecule has 1 aromatic carbocycles. The molecule has 0 saturated heterocycles. The topological polar surface area (TPSA) is 50.9 Å². The van der Waals surface area contributed by atoms with E-state index < -0.39 is 0 Å². The van der Waals surface area contributed by atoms with Gasteiger partial charge in [-0.1, -0.05) is 30.7 Å². The molecule has 3 N–H and O–H groups in total. The Morgan fingerprint density at radius 3 is 2.81 bits per heavy atom. The zero-order valence-corrected chi connectivity index (χ0v) is 12.3. The largest absolute Gasteiger partial charge is 0.271 e. The van der Waals surface area contributed by atoms with Gasteiger partial charge in [-0.05, 0) is 55.6 Å². The Labute approximate surface area is 125 Å². The van der Waals surface area contributed by atoms with Gasteiger partial charge in [-0.15, -0.1) is 0 Å². The van der Waals surface area contributed by atoms with Crippen LogP contribution in [-0.4, -0.2) is 4.98 Å². The number of nitrogens with two attached hydrogens (primary N) is 1. The van der Waals surface area contributed by atoms with E-state index in [1.165, 1.54) is 31.1 Å². The molecule has 2 aliphatic carbocycles. The highest BCUT2D eigenvalue weighted by molar-refractivity contribution is 5.78. The van der Waals surface area contributed by atoms with Crippen molar-refractivity contribution >= 4 is 10.9 Å². The van der Waals surface area contributed by atoms with Crippen LogP contribution in [0.2, 0.25) is 0 Å². The molecule has 2 saturated carbocycles. The molecule has 21 heavy (non-hydrogen) atoms. The maximum absolute atomic E-state index is 5.84. The zero-order valence-electron chi connectivity index (χ0n) is 12.3. The molecule has 110 valence electrons. The number of nitrogens with zero attached hydrogens (tertiary/aromatic N) is 1. The molecular formula is C18H23N3. The van der Waals surface area contributed by atoms with Crippen molar-refractivity contribution in [2.45, 2.75) is 38.1 Å². The number of nitrogens with one attached hydrogen (secondary N) is 1. The number of hydrazine groups is 1. The van der Waals surface area contributed by atoms with Crippen LogP contribution in [-0.2, 0) is 0 Å². The maximum atomic E-state index is 5.84. The molecule has 3 nitrogen and oxygen atoms in total. The summed E-state index contributed by atoms with van der Waals surface area (Å²) in [6.45, 7) is 0. The van der Waals surface area contributed by atoms with E-state index in [0.29, 0.717) is 0 Å². The van der Waals surface area contributed by atoms with Crippen molar-refractivity contribution in [1.82, 2.24) is 10.4 Å². The van der Waals surface area contributed by atoms with E-state index in [9.17, 15) is 0 Å². The summed E-state index contributed by atoms with van der Waals surface area (Å²) in [7, 11) is 0. The molecule has 1 heterocycles. The van der Waals surface area contributed by atoms with Gasteiger partial charge in [0, 0.05) is 5.39 Å². The molecule has 2 fully saturated rings. The lowest BCUT2D eigenvalue weighted by Crippen LogP contribution is -2.31. The van der Waals surface area contributed by atoms with Gasteiger partial charge in [-0.2, -0.15) is 0 Å². The Morgan fingerprint density at radius 1 is 1.14 bits per heavy atom. The Balaban J connectivity index is 1.56. The van der Waals surface area contributed by atoms with Crippen molar-refractivity contribution in [1.29, 1.82) is 0 Å². The average molecular weight is 281 g/mol. The fourth-order valence-electron chi connectivity index (χ4n) is 4.52. The van der Waals surface area contributed by atoms with E-state index in [-0.39, 0.29) is 6.04 Å². The van der Waals surface area contributed by atoms with Gasteiger partial charge in [0.25, 0.3) is 0 Å². The van der Waals surface area contributed by atoms with Crippen molar-refractivity contribution in [2.75, 3.05) is 0 Å². The van der Waals surface area contributed by atoms with Crippen LogP contribution in [0.1, 0.15) is 43.8 Å². The van der Waals surface area contributed by atoms with Crippen LogP contribution in [0.5, 0.6) is 0 Å². The third kappa shape index (κ3) is 2.45. The van der Waals surface area contributed by atoms with Crippen LogP contribution in [0.4, 0.5) is 0 Å². The average Bonchev–Trinajstić information content (AvgIpc) is 3.15. The summed E-state index contributed by atoms with van der Waals surface area (Å²) in [5.74, 6) is 8.59. The second kappa shape index (κ2) is 5.39. The number of para-hydroxylation sites is 1. The Kier molecular flexibility index (Phi) is 3.40. The van der Waals surface area contributed by atoms with Gasteiger partial charge in [0.2, 0.25) is 0 Å². The van der Waals surface area contributed by atoms with Gasteiger partial charge in [0.1, 0.15) is 0 Å². The van der Waals surface area contributed by atoms with Gasteiger partial charge in [-0.3, -0.25) is 16.3 Å². The Hall–Kier alpha value is -1.45. The van der Waals surface area contributed by atoms with Crippen molar-refractivity contribution in [3.05, 3.63) is 42.1 Å². The summed E-state index contributed by atoms with van der Waals surface area (Å²) in [5, 5.41) is 1.19. The van der Waals surface area contributed by atoms with Crippen LogP contribution in [0.15, 0.2) is 36.4 Å². The molecule has 0 spiro atoms. The molecule has 0 amide bonds. The van der Waals surface area contributed by atoms with Crippen molar-refractivity contribution in [3.8, 4) is 0 Å². The van der Waals surface area contributed by atoms with Crippen LogP contribution >= 0.6 is 0 Å². The minimum atomic E-state index is 0.180. The highest BCUT2D eigenvalue weighted by atomic mass is 15.2. The zero-order chi connectivity index (χ0) is 14.2. The van der Waals surface area contributed by atoms with Crippen LogP contribution in [0, 0.1) is 17.8 Å². The maximum Gasteiger partial charge on any atom is 0.0706 e. The number of pyridine rings is 1. The van der Waals surface area contributed by atoms with E-state index in [1.807, 2.05) is 6.07 Å². The molecule has 3 heteroatoms. The second-order valence-electron chi connectivity index (χ2n) is 6.82. The predicted octanol–water partition coefficient (Wildman–Crippen LogP) is 3.57. The number of rotatable bonds is 4. The van der Waals surface area contributed by atoms with E-state index >= 15 is 0 Å². The smallest absolute Gasteiger partial charge is 0.0706 e. The lowest BCUT2D eigenvalue weighted by Gasteiger charge is -2.26. The van der Waals surface area contributed by atoms with E-state index in [0.717, 1.165) is 35.4 Å². The minimum absolute atomic E-state index is 0.180. The highest BCUT2D eigenvalue weighted by Gasteiger charge is 2.40. The lowest BCUT2D eigenvalue weighted by atomic mass is 9.83. The molecular weight excluding hydrogens is 258 g/mol. The molecule has 4 atom stereocenters. The van der Waals surface area contributed by atoms with E-state index in [4.69, 9.17) is 10.8 Å². The minimum Gasteiger partial charge on any atom is -0.271 e. The second-order valence-corrected chi connectivity index (χ2v) is 6.82. The Bertz CT molecular complexity index is 639. The van der Waals surface area contributed by atoms with E-state index in [2.05, 4.69) is 35.8 Å². The summed E-state index contributed by atoms with van der Waals surface area (Å²) in [5.41, 5.74) is 5.15. The van der Waals surface area contributed by atoms with Gasteiger partial charge >= 0.3 is 0 Å². The van der Waals surface area contributed by atoms with Gasteiger partial charge < -0.3 is 0 Å². The molecule has 1 aromatic heterocycles. The SMILES string of the molecule is NNC(CC1CC2CCC1C2)c1ccc2ccccc2n1. The molecule has 2 bridgehead atoms. The van der Waals surface area contributed by atoms with Crippen molar-refractivity contribution in [3.63, 3.8) is 0 Å². The number of hydrogen-bond donors (Lipinski definition) is 2. The van der Waals surface area contributed by atoms with Crippen LogP contribution < -0.4 is 11.3 Å². The monoisotopic (exact) mass is 281 g/mol. The summed E-state index contributed by atoms with van der Waals surface area (Å²) < 4.78 is 0. The summed E-state index contributed by atoms with van der Waals surface area (Å²) in [6, 6.07) is 12.7. The first-order valence-corrected chi connectivity index (χ1v) is 8.15. The molecule has 4 unspecified atom stereocenters. The fourth-order valence-corrected chi connectivity index (χ4v) is 4.52. The van der Waals surface area contributed by atoms with Crippen molar-refractivity contribution < 1.29 is 0 Å². The first-order valence-electron chi connectivity index (χ1n) is 8.15. The molecule has 0 aliphatic heterocycles. The normalized spacial score (nSPS) is 29.1. The summed E-state index contributed by atoms with van der Waals surface area (Å²) in [4.78, 5) is 4.81. The Morgan fingerprint density at radius 2 is 2.05 bits per heavy atom. The van der Waals surface area contributed by atoms with Gasteiger partial charge in [-0.25, -0.2) is 0 Å². The van der Waals surface area contributed by atoms with Crippen LogP contribution in [0.3, 0.4) is 0 Å². The molecule has 4 rings (SSSR count). The third-order valence-electron chi connectivity index (χ3n) is 5.60. The highest BCUT2D eigenvalue weighted by Crippen LogP contribution is 2.50.